The number of hydrogen-bond donors (Lipinski definition) is 3. The van der Waals surface area contributed by atoms with Gasteiger partial charge in [0.25, 0.3) is 5.91 Å². The molecule has 1 aromatic carbocycles. The molecule has 1 fully saturated rings. The van der Waals surface area contributed by atoms with Gasteiger partial charge in [-0.3, -0.25) is 14.6 Å². The molecule has 0 aliphatic carbocycles. The summed E-state index contributed by atoms with van der Waals surface area (Å²) in [4.78, 5) is 28.7. The van der Waals surface area contributed by atoms with Gasteiger partial charge in [0, 0.05) is 42.5 Å². The first kappa shape index (κ1) is 19.0. The second-order valence-corrected chi connectivity index (χ2v) is 6.68. The summed E-state index contributed by atoms with van der Waals surface area (Å²) < 4.78 is 5.32. The van der Waals surface area contributed by atoms with Gasteiger partial charge in [-0.25, -0.2) is 0 Å². The molecule has 0 spiro atoms. The summed E-state index contributed by atoms with van der Waals surface area (Å²) in [6, 6.07) is 8.09. The Hall–Kier alpha value is -2.77. The Morgan fingerprint density at radius 3 is 2.56 bits per heavy atom. The van der Waals surface area contributed by atoms with Crippen LogP contribution in [0.2, 0.25) is 0 Å². The van der Waals surface area contributed by atoms with E-state index < -0.39 is 6.04 Å². The molecule has 1 unspecified atom stereocenters. The van der Waals surface area contributed by atoms with Crippen LogP contribution >= 0.6 is 0 Å². The number of benzene rings is 1. The van der Waals surface area contributed by atoms with E-state index in [-0.39, 0.29) is 17.7 Å². The van der Waals surface area contributed by atoms with Crippen LogP contribution in [0.4, 0.5) is 11.4 Å². The van der Waals surface area contributed by atoms with Crippen molar-refractivity contribution in [2.45, 2.75) is 25.8 Å². The molecule has 3 rings (SSSR count). The number of aromatic nitrogens is 1. The number of pyridine rings is 1. The van der Waals surface area contributed by atoms with Gasteiger partial charge < -0.3 is 21.1 Å². The summed E-state index contributed by atoms with van der Waals surface area (Å²) >= 11 is 0. The highest BCUT2D eigenvalue weighted by molar-refractivity contribution is 6.05. The lowest BCUT2D eigenvalue weighted by Crippen LogP contribution is -2.44. The number of nitrogens with zero attached hydrogens (tertiary/aromatic N) is 1. The molecule has 1 aliphatic rings. The molecule has 142 valence electrons. The van der Waals surface area contributed by atoms with E-state index in [1.165, 1.54) is 0 Å². The number of anilines is 2. The largest absolute Gasteiger partial charge is 0.381 e. The van der Waals surface area contributed by atoms with Crippen molar-refractivity contribution in [3.8, 4) is 0 Å². The minimum atomic E-state index is -0.579. The molecule has 7 nitrogen and oxygen atoms in total. The van der Waals surface area contributed by atoms with Crippen LogP contribution in [-0.4, -0.2) is 36.1 Å². The van der Waals surface area contributed by atoms with E-state index in [0.29, 0.717) is 30.2 Å². The maximum Gasteiger partial charge on any atom is 0.255 e. The number of carbonyl (C=O) groups is 2. The monoisotopic (exact) mass is 368 g/mol. The number of carbonyl (C=O) groups excluding carboxylic acids is 2. The third kappa shape index (κ3) is 4.90. The van der Waals surface area contributed by atoms with Crippen LogP contribution in [0.25, 0.3) is 0 Å². The fourth-order valence-electron chi connectivity index (χ4n) is 3.05. The average Bonchev–Trinajstić information content (AvgIpc) is 2.71. The fraction of sp³-hybridized carbons (Fsp3) is 0.350. The molecule has 1 aromatic heterocycles. The highest BCUT2D eigenvalue weighted by Crippen LogP contribution is 2.23. The highest BCUT2D eigenvalue weighted by atomic mass is 16.5. The standard InChI is InChI=1S/C20H24N4O3/c1-13-2-3-16(23-20(26)18(21)14-6-10-27-11-7-14)12-17(13)24-19(25)15-4-8-22-9-5-15/h2-5,8-9,12,14,18H,6-7,10-11,21H2,1H3,(H,23,26)(H,24,25). The van der Waals surface area contributed by atoms with E-state index in [2.05, 4.69) is 15.6 Å². The summed E-state index contributed by atoms with van der Waals surface area (Å²) in [6.07, 6.45) is 4.71. The zero-order chi connectivity index (χ0) is 19.2. The maximum atomic E-state index is 12.5. The van der Waals surface area contributed by atoms with E-state index in [1.54, 1.807) is 36.7 Å². The van der Waals surface area contributed by atoms with Crippen molar-refractivity contribution in [2.24, 2.45) is 11.7 Å². The van der Waals surface area contributed by atoms with Gasteiger partial charge in [-0.05, 0) is 55.5 Å². The van der Waals surface area contributed by atoms with Crippen molar-refractivity contribution in [1.82, 2.24) is 4.98 Å². The number of amides is 2. The van der Waals surface area contributed by atoms with Gasteiger partial charge in [0.2, 0.25) is 5.91 Å². The van der Waals surface area contributed by atoms with Crippen LogP contribution in [0.5, 0.6) is 0 Å². The predicted molar refractivity (Wildman–Crippen MR) is 104 cm³/mol. The first-order chi connectivity index (χ1) is 13.0. The van der Waals surface area contributed by atoms with E-state index in [9.17, 15) is 9.59 Å². The van der Waals surface area contributed by atoms with Crippen molar-refractivity contribution in [3.05, 3.63) is 53.9 Å². The van der Waals surface area contributed by atoms with Crippen molar-refractivity contribution in [1.29, 1.82) is 0 Å². The van der Waals surface area contributed by atoms with E-state index in [0.717, 1.165) is 18.4 Å². The van der Waals surface area contributed by atoms with Crippen LogP contribution in [0.3, 0.4) is 0 Å². The first-order valence-corrected chi connectivity index (χ1v) is 9.01. The Morgan fingerprint density at radius 1 is 1.15 bits per heavy atom. The van der Waals surface area contributed by atoms with Crippen LogP contribution in [-0.2, 0) is 9.53 Å². The first-order valence-electron chi connectivity index (χ1n) is 9.01. The van der Waals surface area contributed by atoms with Gasteiger partial charge in [0.05, 0.1) is 6.04 Å². The molecule has 2 aromatic rings. The lowest BCUT2D eigenvalue weighted by Gasteiger charge is -2.26. The Labute approximate surface area is 158 Å². The predicted octanol–water partition coefficient (Wildman–Crippen LogP) is 2.33. The minimum Gasteiger partial charge on any atom is -0.381 e. The lowest BCUT2D eigenvalue weighted by molar-refractivity contribution is -0.119. The van der Waals surface area contributed by atoms with Gasteiger partial charge in [-0.2, -0.15) is 0 Å². The molecular formula is C20H24N4O3. The number of hydrogen-bond acceptors (Lipinski definition) is 5. The summed E-state index contributed by atoms with van der Waals surface area (Å²) in [5.74, 6) is -0.338. The summed E-state index contributed by atoms with van der Waals surface area (Å²) in [6.45, 7) is 3.17. The number of ether oxygens (including phenoxy) is 1. The van der Waals surface area contributed by atoms with E-state index in [4.69, 9.17) is 10.5 Å². The number of rotatable bonds is 5. The van der Waals surface area contributed by atoms with E-state index >= 15 is 0 Å². The number of aryl methyl sites for hydroxylation is 1. The lowest BCUT2D eigenvalue weighted by atomic mass is 9.92. The minimum absolute atomic E-state index is 0.120. The van der Waals surface area contributed by atoms with Gasteiger partial charge in [-0.1, -0.05) is 6.07 Å². The molecule has 1 atom stereocenters. The average molecular weight is 368 g/mol. The van der Waals surface area contributed by atoms with E-state index in [1.807, 2.05) is 13.0 Å². The van der Waals surface area contributed by atoms with Crippen molar-refractivity contribution >= 4 is 23.2 Å². The van der Waals surface area contributed by atoms with Crippen molar-refractivity contribution in [3.63, 3.8) is 0 Å². The normalized spacial score (nSPS) is 15.8. The van der Waals surface area contributed by atoms with Gasteiger partial charge >= 0.3 is 0 Å². The molecule has 27 heavy (non-hydrogen) atoms. The van der Waals surface area contributed by atoms with Crippen LogP contribution in [0.15, 0.2) is 42.7 Å². The molecule has 2 heterocycles. The molecule has 0 radical (unpaired) electrons. The molecule has 0 saturated carbocycles. The Bertz CT molecular complexity index is 804. The van der Waals surface area contributed by atoms with Crippen LogP contribution in [0, 0.1) is 12.8 Å². The van der Waals surface area contributed by atoms with Gasteiger partial charge in [-0.15, -0.1) is 0 Å². The van der Waals surface area contributed by atoms with Crippen molar-refractivity contribution in [2.75, 3.05) is 23.8 Å². The number of nitrogens with one attached hydrogen (secondary N) is 2. The summed E-state index contributed by atoms with van der Waals surface area (Å²) in [5.41, 5.74) is 8.76. The third-order valence-corrected chi connectivity index (χ3v) is 4.77. The Balaban J connectivity index is 1.67. The fourth-order valence-corrected chi connectivity index (χ4v) is 3.05. The second-order valence-electron chi connectivity index (χ2n) is 6.68. The molecule has 4 N–H and O–H groups in total. The van der Waals surface area contributed by atoms with Gasteiger partial charge in [0.15, 0.2) is 0 Å². The third-order valence-electron chi connectivity index (χ3n) is 4.77. The van der Waals surface area contributed by atoms with Crippen LogP contribution < -0.4 is 16.4 Å². The van der Waals surface area contributed by atoms with Crippen LogP contribution in [0.1, 0.15) is 28.8 Å². The molecule has 0 bridgehead atoms. The number of nitrogens with two attached hydrogens (primary N) is 1. The molecular weight excluding hydrogens is 344 g/mol. The van der Waals surface area contributed by atoms with Crippen molar-refractivity contribution < 1.29 is 14.3 Å². The quantitative estimate of drug-likeness (QED) is 0.751. The van der Waals surface area contributed by atoms with Gasteiger partial charge in [0.1, 0.15) is 0 Å². The molecule has 1 aliphatic heterocycles. The molecule has 7 heteroatoms. The molecule has 2 amide bonds. The highest BCUT2D eigenvalue weighted by Gasteiger charge is 2.26. The summed E-state index contributed by atoms with van der Waals surface area (Å²) in [5, 5.41) is 5.72. The smallest absolute Gasteiger partial charge is 0.255 e. The zero-order valence-electron chi connectivity index (χ0n) is 15.3. The topological polar surface area (TPSA) is 106 Å². The zero-order valence-corrected chi connectivity index (χ0v) is 15.3. The Morgan fingerprint density at radius 2 is 1.85 bits per heavy atom. The summed E-state index contributed by atoms with van der Waals surface area (Å²) in [7, 11) is 0. The SMILES string of the molecule is Cc1ccc(NC(=O)C(N)C2CCOCC2)cc1NC(=O)c1ccncc1. The maximum absolute atomic E-state index is 12.5. The Kier molecular flexibility index (Phi) is 6.16. The molecule has 1 saturated heterocycles. The second kappa shape index (κ2) is 8.75.